The zero-order valence-corrected chi connectivity index (χ0v) is 17.0. The molecule has 1 amide bonds. The summed E-state index contributed by atoms with van der Waals surface area (Å²) < 4.78 is 38.5. The topological polar surface area (TPSA) is 111 Å². The van der Waals surface area contributed by atoms with Gasteiger partial charge in [-0.3, -0.25) is 4.79 Å². The number of hydrogen-bond acceptors (Lipinski definition) is 6. The molecule has 1 aromatic rings. The van der Waals surface area contributed by atoms with Crippen LogP contribution in [-0.4, -0.2) is 59.1 Å². The van der Waals surface area contributed by atoms with Gasteiger partial charge in [-0.15, -0.1) is 0 Å². The third-order valence-corrected chi connectivity index (χ3v) is 5.76. The molecule has 1 aliphatic rings. The number of benzene rings is 1. The van der Waals surface area contributed by atoms with Crippen molar-refractivity contribution in [3.63, 3.8) is 0 Å². The van der Waals surface area contributed by atoms with Gasteiger partial charge in [-0.25, -0.2) is 13.1 Å². The maximum atomic E-state index is 12.5. The van der Waals surface area contributed by atoms with E-state index in [9.17, 15) is 13.2 Å². The van der Waals surface area contributed by atoms with Crippen molar-refractivity contribution in [2.45, 2.75) is 31.6 Å². The fourth-order valence-corrected chi connectivity index (χ4v) is 3.72. The molecule has 0 saturated heterocycles. The number of hydrogen-bond donors (Lipinski definition) is 2. The van der Waals surface area contributed by atoms with Crippen LogP contribution < -0.4 is 19.9 Å². The van der Waals surface area contributed by atoms with E-state index in [1.807, 2.05) is 13.8 Å². The minimum absolute atomic E-state index is 0.0169. The zero-order valence-electron chi connectivity index (χ0n) is 16.2. The lowest BCUT2D eigenvalue weighted by atomic mass is 9.93. The molecule has 0 bridgehead atoms. The van der Waals surface area contributed by atoms with Gasteiger partial charge in [0.25, 0.3) is 0 Å². The summed E-state index contributed by atoms with van der Waals surface area (Å²) >= 11 is 0. The average molecular weight is 400 g/mol. The predicted molar refractivity (Wildman–Crippen MR) is 102 cm³/mol. The molecular formula is C18H29N3O5S. The van der Waals surface area contributed by atoms with E-state index in [1.165, 1.54) is 12.1 Å². The lowest BCUT2D eigenvalue weighted by Crippen LogP contribution is -2.40. The number of ether oxygens (including phenoxy) is 2. The van der Waals surface area contributed by atoms with Crippen LogP contribution >= 0.6 is 0 Å². The first kappa shape index (κ1) is 21.5. The highest BCUT2D eigenvalue weighted by Crippen LogP contribution is 2.31. The standard InChI is InChI=1S/C18H29N3O5S/c1-18(2,12-19)13-21(3)17(22)7-8-20-27(23,24)14-5-6-15-16(11-14)26-10-4-9-25-15/h5-6,11,20H,4,7-10,12-13,19H2,1-3H3. The van der Waals surface area contributed by atoms with E-state index >= 15 is 0 Å². The van der Waals surface area contributed by atoms with E-state index < -0.39 is 10.0 Å². The van der Waals surface area contributed by atoms with Crippen LogP contribution in [0.15, 0.2) is 23.1 Å². The van der Waals surface area contributed by atoms with Gasteiger partial charge in [0.05, 0.1) is 18.1 Å². The average Bonchev–Trinajstić information content (AvgIpc) is 2.85. The summed E-state index contributed by atoms with van der Waals surface area (Å²) in [7, 11) is -2.05. The Bertz CT molecular complexity index is 764. The second kappa shape index (κ2) is 8.90. The monoisotopic (exact) mass is 399 g/mol. The number of nitrogens with two attached hydrogens (primary N) is 1. The molecule has 0 fully saturated rings. The number of nitrogens with one attached hydrogen (secondary N) is 1. The summed E-state index contributed by atoms with van der Waals surface area (Å²) in [5.41, 5.74) is 5.50. The van der Waals surface area contributed by atoms with Crippen molar-refractivity contribution in [1.82, 2.24) is 9.62 Å². The lowest BCUT2D eigenvalue weighted by Gasteiger charge is -2.29. The fraction of sp³-hybridized carbons (Fsp3) is 0.611. The molecule has 1 aromatic carbocycles. The van der Waals surface area contributed by atoms with Gasteiger partial charge in [0.2, 0.25) is 15.9 Å². The van der Waals surface area contributed by atoms with Gasteiger partial charge < -0.3 is 20.1 Å². The molecule has 0 unspecified atom stereocenters. The van der Waals surface area contributed by atoms with E-state index in [-0.39, 0.29) is 29.2 Å². The summed E-state index contributed by atoms with van der Waals surface area (Å²) in [4.78, 5) is 13.9. The molecule has 152 valence electrons. The third kappa shape index (κ3) is 6.08. The van der Waals surface area contributed by atoms with Crippen LogP contribution in [0, 0.1) is 5.41 Å². The number of sulfonamides is 1. The first-order valence-corrected chi connectivity index (χ1v) is 10.5. The number of carbonyl (C=O) groups is 1. The molecule has 0 radical (unpaired) electrons. The number of nitrogens with zero attached hydrogens (tertiary/aromatic N) is 1. The molecule has 0 aliphatic carbocycles. The number of rotatable bonds is 8. The number of fused-ring (bicyclic) bond motifs is 1. The maximum Gasteiger partial charge on any atom is 0.240 e. The van der Waals surface area contributed by atoms with E-state index in [1.54, 1.807) is 18.0 Å². The van der Waals surface area contributed by atoms with Crippen molar-refractivity contribution < 1.29 is 22.7 Å². The highest BCUT2D eigenvalue weighted by Gasteiger charge is 2.22. The highest BCUT2D eigenvalue weighted by molar-refractivity contribution is 7.89. The smallest absolute Gasteiger partial charge is 0.240 e. The van der Waals surface area contributed by atoms with Gasteiger partial charge in [-0.05, 0) is 24.1 Å². The summed E-state index contributed by atoms with van der Waals surface area (Å²) in [5.74, 6) is 0.804. The second-order valence-electron chi connectivity index (χ2n) is 7.42. The Morgan fingerprint density at radius 3 is 2.59 bits per heavy atom. The van der Waals surface area contributed by atoms with Gasteiger partial charge in [-0.1, -0.05) is 13.8 Å². The minimum atomic E-state index is -3.74. The lowest BCUT2D eigenvalue weighted by molar-refractivity contribution is -0.130. The van der Waals surface area contributed by atoms with Gasteiger partial charge in [0, 0.05) is 39.0 Å². The van der Waals surface area contributed by atoms with Crippen molar-refractivity contribution >= 4 is 15.9 Å². The predicted octanol–water partition coefficient (Wildman–Crippen LogP) is 0.960. The normalized spacial score (nSPS) is 14.5. The minimum Gasteiger partial charge on any atom is -0.490 e. The van der Waals surface area contributed by atoms with Crippen molar-refractivity contribution in [1.29, 1.82) is 0 Å². The Hall–Kier alpha value is -1.84. The Morgan fingerprint density at radius 2 is 1.93 bits per heavy atom. The van der Waals surface area contributed by atoms with Gasteiger partial charge in [0.15, 0.2) is 11.5 Å². The molecule has 0 atom stereocenters. The van der Waals surface area contributed by atoms with Crippen molar-refractivity contribution in [3.8, 4) is 11.5 Å². The summed E-state index contributed by atoms with van der Waals surface area (Å²) in [6.45, 7) is 5.95. The molecule has 0 saturated carbocycles. The summed E-state index contributed by atoms with van der Waals surface area (Å²) in [5, 5.41) is 0. The van der Waals surface area contributed by atoms with Crippen LogP contribution in [0.5, 0.6) is 11.5 Å². The zero-order chi connectivity index (χ0) is 20.1. The first-order valence-electron chi connectivity index (χ1n) is 8.98. The fourth-order valence-electron chi connectivity index (χ4n) is 2.67. The van der Waals surface area contributed by atoms with Gasteiger partial charge in [0.1, 0.15) is 0 Å². The van der Waals surface area contributed by atoms with Crippen LogP contribution in [0.25, 0.3) is 0 Å². The molecule has 0 spiro atoms. The van der Waals surface area contributed by atoms with Crippen LogP contribution in [0.2, 0.25) is 0 Å². The molecule has 8 nitrogen and oxygen atoms in total. The third-order valence-electron chi connectivity index (χ3n) is 4.30. The van der Waals surface area contributed by atoms with Crippen molar-refractivity contribution in [3.05, 3.63) is 18.2 Å². The highest BCUT2D eigenvalue weighted by atomic mass is 32.2. The molecule has 3 N–H and O–H groups in total. The number of carbonyl (C=O) groups excluding carboxylic acids is 1. The molecular weight excluding hydrogens is 370 g/mol. The Kier molecular flexibility index (Phi) is 7.07. The largest absolute Gasteiger partial charge is 0.490 e. The van der Waals surface area contributed by atoms with E-state index in [2.05, 4.69) is 4.72 Å². The molecule has 9 heteroatoms. The van der Waals surface area contributed by atoms with E-state index in [0.717, 1.165) is 6.42 Å². The Labute approximate surface area is 161 Å². The van der Waals surface area contributed by atoms with Crippen LogP contribution in [0.1, 0.15) is 26.7 Å². The van der Waals surface area contributed by atoms with E-state index in [4.69, 9.17) is 15.2 Å². The Balaban J connectivity index is 1.93. The number of amides is 1. The molecule has 1 aliphatic heterocycles. The van der Waals surface area contributed by atoms with Crippen molar-refractivity contribution in [2.24, 2.45) is 11.1 Å². The van der Waals surface area contributed by atoms with Gasteiger partial charge in [-0.2, -0.15) is 0 Å². The first-order chi connectivity index (χ1) is 12.6. The van der Waals surface area contributed by atoms with Gasteiger partial charge >= 0.3 is 0 Å². The summed E-state index contributed by atoms with van der Waals surface area (Å²) in [6, 6.07) is 4.50. The van der Waals surface area contributed by atoms with Crippen LogP contribution in [-0.2, 0) is 14.8 Å². The van der Waals surface area contributed by atoms with Crippen molar-refractivity contribution in [2.75, 3.05) is 39.9 Å². The quantitative estimate of drug-likeness (QED) is 0.674. The molecule has 2 rings (SSSR count). The molecule has 27 heavy (non-hydrogen) atoms. The summed E-state index contributed by atoms with van der Waals surface area (Å²) in [6.07, 6.45) is 0.812. The SMILES string of the molecule is CN(CC(C)(C)CN)C(=O)CCNS(=O)(=O)c1ccc2c(c1)OCCCO2. The molecule has 1 heterocycles. The second-order valence-corrected chi connectivity index (χ2v) is 9.19. The van der Waals surface area contributed by atoms with Crippen LogP contribution in [0.4, 0.5) is 0 Å². The molecule has 0 aromatic heterocycles. The Morgan fingerprint density at radius 1 is 1.26 bits per heavy atom. The maximum absolute atomic E-state index is 12.5. The van der Waals surface area contributed by atoms with Crippen LogP contribution in [0.3, 0.4) is 0 Å². The van der Waals surface area contributed by atoms with E-state index in [0.29, 0.717) is 37.8 Å².